The van der Waals surface area contributed by atoms with Crippen molar-refractivity contribution in [3.8, 4) is 0 Å². The fourth-order valence-electron chi connectivity index (χ4n) is 0.857. The number of aliphatic imine (C=N–C) groups is 1. The van der Waals surface area contributed by atoms with Crippen molar-refractivity contribution in [3.63, 3.8) is 0 Å². The van der Waals surface area contributed by atoms with Crippen molar-refractivity contribution >= 4 is 33.9 Å². The number of nitrogens with two attached hydrogens (primary N) is 1. The first-order valence-corrected chi connectivity index (χ1v) is 4.54. The summed E-state index contributed by atoms with van der Waals surface area (Å²) in [6.45, 7) is 0.829. The predicted molar refractivity (Wildman–Crippen MR) is 54.4 cm³/mol. The highest BCUT2D eigenvalue weighted by Gasteiger charge is 2.13. The van der Waals surface area contributed by atoms with Gasteiger partial charge in [-0.25, -0.2) is 4.99 Å². The summed E-state index contributed by atoms with van der Waals surface area (Å²) in [5.74, 6) is 0. The number of hydrogen-bond acceptors (Lipinski definition) is 3. The molecule has 1 aliphatic heterocycles. The molecule has 0 aromatic heterocycles. The van der Waals surface area contributed by atoms with Crippen LogP contribution in [0.3, 0.4) is 0 Å². The van der Waals surface area contributed by atoms with E-state index in [1.165, 1.54) is 11.8 Å². The van der Waals surface area contributed by atoms with Crippen LogP contribution in [0.1, 0.15) is 12.8 Å². The standard InChI is InChI=1S/C6H12N2OS.BrH/c1-10-6(7)8-5-3-2-4-9-5;/h5H,2-4H2,1H3,(H2,7,8);1H. The molecule has 0 spiro atoms. The highest BCUT2D eigenvalue weighted by atomic mass is 79.9. The van der Waals surface area contributed by atoms with Gasteiger partial charge in [0.05, 0.1) is 0 Å². The molecule has 1 saturated heterocycles. The largest absolute Gasteiger partial charge is 0.378 e. The monoisotopic (exact) mass is 240 g/mol. The molecule has 0 saturated carbocycles. The second-order valence-electron chi connectivity index (χ2n) is 2.14. The Morgan fingerprint density at radius 1 is 1.73 bits per heavy atom. The summed E-state index contributed by atoms with van der Waals surface area (Å²) in [5, 5.41) is 0.618. The van der Waals surface area contributed by atoms with Crippen molar-refractivity contribution in [3.05, 3.63) is 0 Å². The van der Waals surface area contributed by atoms with Crippen LogP contribution in [-0.2, 0) is 4.74 Å². The molecule has 1 unspecified atom stereocenters. The zero-order chi connectivity index (χ0) is 7.40. The lowest BCUT2D eigenvalue weighted by molar-refractivity contribution is 0.118. The number of hydrogen-bond donors (Lipinski definition) is 1. The summed E-state index contributed by atoms with van der Waals surface area (Å²) in [5.41, 5.74) is 5.49. The van der Waals surface area contributed by atoms with Gasteiger partial charge in [0.2, 0.25) is 0 Å². The zero-order valence-corrected chi connectivity index (χ0v) is 8.98. The summed E-state index contributed by atoms with van der Waals surface area (Å²) >= 11 is 1.46. The van der Waals surface area contributed by atoms with E-state index in [0.29, 0.717) is 5.17 Å². The van der Waals surface area contributed by atoms with Gasteiger partial charge in [-0.15, -0.1) is 17.0 Å². The van der Waals surface area contributed by atoms with E-state index < -0.39 is 0 Å². The van der Waals surface area contributed by atoms with E-state index in [-0.39, 0.29) is 23.2 Å². The lowest BCUT2D eigenvalue weighted by Gasteiger charge is -2.02. The minimum Gasteiger partial charge on any atom is -0.378 e. The SMILES string of the molecule is Br.CS/C(N)=N\C1CCCO1. The molecule has 1 heterocycles. The average Bonchev–Trinajstić information content (AvgIpc) is 2.40. The smallest absolute Gasteiger partial charge is 0.156 e. The summed E-state index contributed by atoms with van der Waals surface area (Å²) in [4.78, 5) is 4.13. The number of halogens is 1. The lowest BCUT2D eigenvalue weighted by Crippen LogP contribution is -2.11. The van der Waals surface area contributed by atoms with Crippen molar-refractivity contribution in [1.29, 1.82) is 0 Å². The third kappa shape index (κ3) is 3.98. The molecule has 66 valence electrons. The molecule has 1 atom stereocenters. The van der Waals surface area contributed by atoms with Crippen LogP contribution in [0, 0.1) is 0 Å². The number of thioether (sulfide) groups is 1. The van der Waals surface area contributed by atoms with Gasteiger partial charge in [-0.1, -0.05) is 11.8 Å². The first-order valence-electron chi connectivity index (χ1n) is 3.32. The third-order valence-electron chi connectivity index (χ3n) is 1.39. The Morgan fingerprint density at radius 2 is 2.45 bits per heavy atom. The van der Waals surface area contributed by atoms with Gasteiger partial charge < -0.3 is 10.5 Å². The Balaban J connectivity index is 0.000001000. The normalized spacial score (nSPS) is 24.8. The van der Waals surface area contributed by atoms with Gasteiger partial charge in [0.15, 0.2) is 11.4 Å². The summed E-state index contributed by atoms with van der Waals surface area (Å²) in [6.07, 6.45) is 4.07. The number of ether oxygens (including phenoxy) is 1. The molecule has 11 heavy (non-hydrogen) atoms. The Kier molecular flexibility index (Phi) is 5.99. The van der Waals surface area contributed by atoms with E-state index in [4.69, 9.17) is 10.5 Å². The summed E-state index contributed by atoms with van der Waals surface area (Å²) in [6, 6.07) is 0. The van der Waals surface area contributed by atoms with Crippen LogP contribution in [0.5, 0.6) is 0 Å². The molecular weight excluding hydrogens is 228 g/mol. The zero-order valence-electron chi connectivity index (χ0n) is 6.45. The number of amidine groups is 1. The van der Waals surface area contributed by atoms with Gasteiger partial charge in [-0.05, 0) is 19.1 Å². The predicted octanol–water partition coefficient (Wildman–Crippen LogP) is 1.38. The first kappa shape index (κ1) is 11.3. The maximum absolute atomic E-state index is 5.49. The molecule has 0 radical (unpaired) electrons. The number of nitrogens with zero attached hydrogens (tertiary/aromatic N) is 1. The third-order valence-corrected chi connectivity index (χ3v) is 1.91. The van der Waals surface area contributed by atoms with E-state index in [0.717, 1.165) is 19.4 Å². The van der Waals surface area contributed by atoms with Crippen LogP contribution in [0.15, 0.2) is 4.99 Å². The van der Waals surface area contributed by atoms with Crippen LogP contribution >= 0.6 is 28.7 Å². The summed E-state index contributed by atoms with van der Waals surface area (Å²) < 4.78 is 5.24. The molecule has 1 fully saturated rings. The Morgan fingerprint density at radius 3 is 2.91 bits per heavy atom. The van der Waals surface area contributed by atoms with Crippen molar-refractivity contribution < 1.29 is 4.74 Å². The van der Waals surface area contributed by atoms with Crippen LogP contribution < -0.4 is 5.73 Å². The van der Waals surface area contributed by atoms with Crippen LogP contribution in [0.4, 0.5) is 0 Å². The molecule has 0 aromatic carbocycles. The molecular formula is C6H13BrN2OS. The minimum absolute atomic E-state index is 0. The van der Waals surface area contributed by atoms with Gasteiger partial charge >= 0.3 is 0 Å². The second-order valence-corrected chi connectivity index (χ2v) is 2.97. The molecule has 0 aromatic rings. The van der Waals surface area contributed by atoms with Gasteiger partial charge in [-0.2, -0.15) is 0 Å². The molecule has 1 rings (SSSR count). The van der Waals surface area contributed by atoms with Crippen LogP contribution in [0.25, 0.3) is 0 Å². The average molecular weight is 241 g/mol. The van der Waals surface area contributed by atoms with E-state index in [2.05, 4.69) is 4.99 Å². The fraction of sp³-hybridized carbons (Fsp3) is 0.833. The van der Waals surface area contributed by atoms with E-state index >= 15 is 0 Å². The molecule has 2 N–H and O–H groups in total. The first-order chi connectivity index (χ1) is 4.83. The maximum atomic E-state index is 5.49. The quantitative estimate of drug-likeness (QED) is 0.557. The fourth-order valence-corrected chi connectivity index (χ4v) is 1.08. The molecule has 0 amide bonds. The summed E-state index contributed by atoms with van der Waals surface area (Å²) in [7, 11) is 0. The molecule has 0 bridgehead atoms. The van der Waals surface area contributed by atoms with E-state index in [1.807, 2.05) is 6.26 Å². The van der Waals surface area contributed by atoms with Gasteiger partial charge in [0.1, 0.15) is 0 Å². The van der Waals surface area contributed by atoms with Crippen molar-refractivity contribution in [2.24, 2.45) is 10.7 Å². The van der Waals surface area contributed by atoms with Gasteiger partial charge in [0, 0.05) is 6.61 Å². The highest BCUT2D eigenvalue weighted by molar-refractivity contribution is 8.93. The molecule has 0 aliphatic carbocycles. The van der Waals surface area contributed by atoms with Crippen LogP contribution in [-0.4, -0.2) is 24.3 Å². The van der Waals surface area contributed by atoms with Crippen molar-refractivity contribution in [1.82, 2.24) is 0 Å². The lowest BCUT2D eigenvalue weighted by atomic mass is 10.3. The molecule has 3 nitrogen and oxygen atoms in total. The topological polar surface area (TPSA) is 47.6 Å². The van der Waals surface area contributed by atoms with E-state index in [9.17, 15) is 0 Å². The second kappa shape index (κ2) is 5.85. The van der Waals surface area contributed by atoms with E-state index in [1.54, 1.807) is 0 Å². The minimum atomic E-state index is 0. The molecule has 5 heteroatoms. The maximum Gasteiger partial charge on any atom is 0.156 e. The number of rotatable bonds is 1. The van der Waals surface area contributed by atoms with Gasteiger partial charge in [-0.3, -0.25) is 0 Å². The van der Waals surface area contributed by atoms with Crippen molar-refractivity contribution in [2.75, 3.05) is 12.9 Å². The van der Waals surface area contributed by atoms with Crippen molar-refractivity contribution in [2.45, 2.75) is 19.1 Å². The highest BCUT2D eigenvalue weighted by Crippen LogP contribution is 2.13. The Bertz CT molecular complexity index is 137. The Labute approximate surface area is 81.5 Å². The van der Waals surface area contributed by atoms with Gasteiger partial charge in [0.25, 0.3) is 0 Å². The Hall–Kier alpha value is 0.260. The molecule has 1 aliphatic rings. The van der Waals surface area contributed by atoms with Crippen LogP contribution in [0.2, 0.25) is 0 Å².